The van der Waals surface area contributed by atoms with Crippen LogP contribution in [0.25, 0.3) is 0 Å². The number of rotatable bonds is 6. The number of nitrogens with two attached hydrogens (primary N) is 1. The summed E-state index contributed by atoms with van der Waals surface area (Å²) >= 11 is 3.40. The highest BCUT2D eigenvalue weighted by atomic mass is 79.9. The maximum absolute atomic E-state index is 10.5. The predicted octanol–water partition coefficient (Wildman–Crippen LogP) is 2.33. The molecule has 0 saturated carbocycles. The molecule has 0 spiro atoms. The van der Waals surface area contributed by atoms with Crippen LogP contribution in [0.2, 0.25) is 0 Å². The number of methoxy groups -OCH3 is 2. The van der Waals surface area contributed by atoms with Crippen molar-refractivity contribution >= 4 is 21.9 Å². The van der Waals surface area contributed by atoms with E-state index in [1.807, 2.05) is 0 Å². The second kappa shape index (κ2) is 6.61. The standard InChI is InChI=1S/C12H16BrNO4/c1-17-10-5-7(8(13)6-11(10)18-2)9(14)3-4-12(15)16/h5-6,9H,3-4,14H2,1-2H3,(H,15,16). The minimum atomic E-state index is -0.859. The summed E-state index contributed by atoms with van der Waals surface area (Å²) < 4.78 is 11.1. The lowest BCUT2D eigenvalue weighted by Crippen LogP contribution is -2.13. The Hall–Kier alpha value is -1.27. The fourth-order valence-corrected chi connectivity index (χ4v) is 2.20. The molecule has 1 aromatic rings. The second-order valence-corrected chi connectivity index (χ2v) is 4.62. The van der Waals surface area contributed by atoms with Gasteiger partial charge in [-0.2, -0.15) is 0 Å². The molecule has 0 aliphatic carbocycles. The van der Waals surface area contributed by atoms with Gasteiger partial charge in [0.05, 0.1) is 14.2 Å². The molecule has 0 saturated heterocycles. The van der Waals surface area contributed by atoms with Crippen molar-refractivity contribution in [2.24, 2.45) is 5.73 Å². The van der Waals surface area contributed by atoms with E-state index in [1.54, 1.807) is 19.2 Å². The largest absolute Gasteiger partial charge is 0.493 e. The molecule has 3 N–H and O–H groups in total. The number of carboxylic acid groups (broad SMARTS) is 1. The van der Waals surface area contributed by atoms with Crippen LogP contribution in [-0.2, 0) is 4.79 Å². The van der Waals surface area contributed by atoms with Gasteiger partial charge in [0.1, 0.15) is 0 Å². The zero-order valence-electron chi connectivity index (χ0n) is 10.3. The van der Waals surface area contributed by atoms with E-state index in [0.29, 0.717) is 17.9 Å². The molecule has 6 heteroatoms. The van der Waals surface area contributed by atoms with E-state index in [4.69, 9.17) is 20.3 Å². The Bertz CT molecular complexity index is 436. The van der Waals surface area contributed by atoms with Crippen molar-refractivity contribution in [3.05, 3.63) is 22.2 Å². The van der Waals surface area contributed by atoms with Crippen molar-refractivity contribution < 1.29 is 19.4 Å². The number of aliphatic carboxylic acids is 1. The van der Waals surface area contributed by atoms with Crippen LogP contribution < -0.4 is 15.2 Å². The maximum Gasteiger partial charge on any atom is 0.303 e. The molecule has 0 aromatic heterocycles. The molecule has 0 aliphatic rings. The Balaban J connectivity index is 2.97. The van der Waals surface area contributed by atoms with Gasteiger partial charge in [0.25, 0.3) is 0 Å². The van der Waals surface area contributed by atoms with E-state index in [9.17, 15) is 4.79 Å². The van der Waals surface area contributed by atoms with Crippen LogP contribution in [0.3, 0.4) is 0 Å². The van der Waals surface area contributed by atoms with Gasteiger partial charge in [-0.3, -0.25) is 4.79 Å². The molecular formula is C12H16BrNO4. The summed E-state index contributed by atoms with van der Waals surface area (Å²) in [7, 11) is 3.09. The maximum atomic E-state index is 10.5. The van der Waals surface area contributed by atoms with Gasteiger partial charge >= 0.3 is 5.97 Å². The summed E-state index contributed by atoms with van der Waals surface area (Å²) in [6, 6.07) is 3.15. The van der Waals surface area contributed by atoms with Crippen LogP contribution in [0.15, 0.2) is 16.6 Å². The van der Waals surface area contributed by atoms with Gasteiger partial charge in [-0.1, -0.05) is 15.9 Å². The van der Waals surface area contributed by atoms with Crippen LogP contribution in [0.5, 0.6) is 11.5 Å². The third-order valence-corrected chi connectivity index (χ3v) is 3.26. The van der Waals surface area contributed by atoms with Gasteiger partial charge < -0.3 is 20.3 Å². The number of hydrogen-bond donors (Lipinski definition) is 2. The summed E-state index contributed by atoms with van der Waals surface area (Å²) in [5.74, 6) is 0.307. The highest BCUT2D eigenvalue weighted by Crippen LogP contribution is 2.36. The summed E-state index contributed by atoms with van der Waals surface area (Å²) in [6.45, 7) is 0. The van der Waals surface area contributed by atoms with Crippen LogP contribution in [0.4, 0.5) is 0 Å². The lowest BCUT2D eigenvalue weighted by Gasteiger charge is -2.16. The van der Waals surface area contributed by atoms with Gasteiger partial charge in [-0.25, -0.2) is 0 Å². The molecule has 1 atom stereocenters. The van der Waals surface area contributed by atoms with E-state index in [2.05, 4.69) is 15.9 Å². The van der Waals surface area contributed by atoms with Crippen LogP contribution in [-0.4, -0.2) is 25.3 Å². The van der Waals surface area contributed by atoms with Crippen molar-refractivity contribution in [1.82, 2.24) is 0 Å². The SMILES string of the molecule is COc1cc(Br)c(C(N)CCC(=O)O)cc1OC. The van der Waals surface area contributed by atoms with E-state index in [0.717, 1.165) is 10.0 Å². The smallest absolute Gasteiger partial charge is 0.303 e. The number of ether oxygens (including phenoxy) is 2. The van der Waals surface area contributed by atoms with Gasteiger partial charge in [0.15, 0.2) is 11.5 Å². The minimum absolute atomic E-state index is 0.0297. The van der Waals surface area contributed by atoms with E-state index < -0.39 is 5.97 Å². The van der Waals surface area contributed by atoms with Crippen molar-refractivity contribution in [3.63, 3.8) is 0 Å². The molecule has 0 amide bonds. The van der Waals surface area contributed by atoms with Gasteiger partial charge in [0, 0.05) is 16.9 Å². The van der Waals surface area contributed by atoms with Crippen molar-refractivity contribution in [1.29, 1.82) is 0 Å². The number of hydrogen-bond acceptors (Lipinski definition) is 4. The number of carbonyl (C=O) groups is 1. The fourth-order valence-electron chi connectivity index (χ4n) is 1.59. The molecule has 0 bridgehead atoms. The monoisotopic (exact) mass is 317 g/mol. The first-order valence-corrected chi connectivity index (χ1v) is 6.17. The van der Waals surface area contributed by atoms with Gasteiger partial charge in [-0.15, -0.1) is 0 Å². The average molecular weight is 318 g/mol. The molecule has 0 aliphatic heterocycles. The lowest BCUT2D eigenvalue weighted by atomic mass is 10.0. The minimum Gasteiger partial charge on any atom is -0.493 e. The molecule has 0 radical (unpaired) electrons. The first-order chi connectivity index (χ1) is 8.49. The normalized spacial score (nSPS) is 12.0. The third-order valence-electron chi connectivity index (χ3n) is 2.57. The molecule has 1 unspecified atom stereocenters. The van der Waals surface area contributed by atoms with Crippen LogP contribution in [0, 0.1) is 0 Å². The highest BCUT2D eigenvalue weighted by molar-refractivity contribution is 9.10. The quantitative estimate of drug-likeness (QED) is 0.841. The predicted molar refractivity (Wildman–Crippen MR) is 71.0 cm³/mol. The highest BCUT2D eigenvalue weighted by Gasteiger charge is 2.16. The van der Waals surface area contributed by atoms with Gasteiger partial charge in [-0.05, 0) is 24.1 Å². The number of halogens is 1. The van der Waals surface area contributed by atoms with Crippen molar-refractivity contribution in [3.8, 4) is 11.5 Å². The average Bonchev–Trinajstić information content (AvgIpc) is 2.35. The van der Waals surface area contributed by atoms with E-state index in [1.165, 1.54) is 7.11 Å². The molecule has 5 nitrogen and oxygen atoms in total. The van der Waals surface area contributed by atoms with Crippen molar-refractivity contribution in [2.75, 3.05) is 14.2 Å². The Labute approximate surface area is 114 Å². The summed E-state index contributed by atoms with van der Waals surface area (Å²) in [6.07, 6.45) is 0.394. The van der Waals surface area contributed by atoms with Gasteiger partial charge in [0.2, 0.25) is 0 Å². The summed E-state index contributed by atoms with van der Waals surface area (Å²) in [5, 5.41) is 8.65. The Morgan fingerprint density at radius 2 is 1.94 bits per heavy atom. The molecular weight excluding hydrogens is 302 g/mol. The topological polar surface area (TPSA) is 81.8 Å². The van der Waals surface area contributed by atoms with E-state index in [-0.39, 0.29) is 12.5 Å². The molecule has 0 heterocycles. The van der Waals surface area contributed by atoms with Crippen LogP contribution >= 0.6 is 15.9 Å². The Morgan fingerprint density at radius 3 is 2.44 bits per heavy atom. The first kappa shape index (κ1) is 14.8. The van der Waals surface area contributed by atoms with Crippen LogP contribution in [0.1, 0.15) is 24.4 Å². The first-order valence-electron chi connectivity index (χ1n) is 5.38. The summed E-state index contributed by atoms with van der Waals surface area (Å²) in [4.78, 5) is 10.5. The molecule has 1 aromatic carbocycles. The third kappa shape index (κ3) is 3.61. The van der Waals surface area contributed by atoms with E-state index >= 15 is 0 Å². The summed E-state index contributed by atoms with van der Waals surface area (Å²) in [5.41, 5.74) is 6.77. The number of carboxylic acids is 1. The zero-order chi connectivity index (χ0) is 13.7. The molecule has 100 valence electrons. The fraction of sp³-hybridized carbons (Fsp3) is 0.417. The lowest BCUT2D eigenvalue weighted by molar-refractivity contribution is -0.137. The molecule has 18 heavy (non-hydrogen) atoms. The Kier molecular flexibility index (Phi) is 5.43. The molecule has 0 fully saturated rings. The number of benzene rings is 1. The second-order valence-electron chi connectivity index (χ2n) is 3.77. The molecule has 1 rings (SSSR count). The zero-order valence-corrected chi connectivity index (χ0v) is 11.9. The Morgan fingerprint density at radius 1 is 1.39 bits per heavy atom. The van der Waals surface area contributed by atoms with Crippen molar-refractivity contribution in [2.45, 2.75) is 18.9 Å².